The van der Waals surface area contributed by atoms with Crippen LogP contribution in [-0.2, 0) is 27.4 Å². The van der Waals surface area contributed by atoms with E-state index in [1.807, 2.05) is 6.07 Å². The van der Waals surface area contributed by atoms with Gasteiger partial charge in [-0.3, -0.25) is 14.9 Å². The number of ether oxygens (including phenoxy) is 3. The molecular formula is C33H33N5O7S. The molecule has 0 saturated heterocycles. The number of nitrogens with zero attached hydrogens (tertiary/aromatic N) is 2. The predicted octanol–water partition coefficient (Wildman–Crippen LogP) is 4.79. The summed E-state index contributed by atoms with van der Waals surface area (Å²) in [6.07, 6.45) is 3.77. The normalized spacial score (nSPS) is 14.2. The minimum Gasteiger partial charge on any atom is -0.489 e. The third kappa shape index (κ3) is 8.76. The molecule has 0 fully saturated rings. The first kappa shape index (κ1) is 33.3. The number of nitro groups is 1. The number of thiocarbonyl (C=S) groups is 1. The Morgan fingerprint density at radius 2 is 1.87 bits per heavy atom. The Kier molecular flexibility index (Phi) is 11.6. The SMILES string of the molecule is C=CCc1cc(C=NNC(=O)COc2ccccc2[C@H]2NC(=S)NC(C)=C2C(=O)OCC)ccc1OCc1ccc([N+](=O)[O-])cc1. The van der Waals surface area contributed by atoms with Gasteiger partial charge in [0.2, 0.25) is 0 Å². The number of hydrazone groups is 1. The Labute approximate surface area is 271 Å². The van der Waals surface area contributed by atoms with E-state index in [9.17, 15) is 19.7 Å². The molecule has 1 amide bonds. The van der Waals surface area contributed by atoms with Crippen molar-refractivity contribution in [2.45, 2.75) is 32.9 Å². The van der Waals surface area contributed by atoms with Crippen LogP contribution in [0.3, 0.4) is 0 Å². The Bertz CT molecular complexity index is 1690. The topological polar surface area (TPSA) is 153 Å². The minimum absolute atomic E-state index is 0.0139. The van der Waals surface area contributed by atoms with Gasteiger partial charge >= 0.3 is 5.97 Å². The van der Waals surface area contributed by atoms with Crippen LogP contribution in [0.4, 0.5) is 5.69 Å². The molecule has 0 spiro atoms. The fourth-order valence-electron chi connectivity index (χ4n) is 4.62. The molecule has 3 aromatic rings. The van der Waals surface area contributed by atoms with Gasteiger partial charge in [0.05, 0.1) is 29.4 Å². The highest BCUT2D eigenvalue weighted by Gasteiger charge is 2.32. The number of carbonyl (C=O) groups excluding carboxylic acids is 2. The third-order valence-corrected chi connectivity index (χ3v) is 6.97. The average Bonchev–Trinajstić information content (AvgIpc) is 3.03. The highest BCUT2D eigenvalue weighted by molar-refractivity contribution is 7.80. The molecule has 1 atom stereocenters. The number of nitrogens with one attached hydrogen (secondary N) is 3. The zero-order valence-electron chi connectivity index (χ0n) is 25.3. The van der Waals surface area contributed by atoms with Gasteiger partial charge in [-0.15, -0.1) is 6.58 Å². The second-order valence-electron chi connectivity index (χ2n) is 9.98. The van der Waals surface area contributed by atoms with Crippen molar-refractivity contribution in [1.29, 1.82) is 0 Å². The number of benzene rings is 3. The van der Waals surface area contributed by atoms with E-state index in [1.54, 1.807) is 68.5 Å². The van der Waals surface area contributed by atoms with Gasteiger partial charge in [0.15, 0.2) is 11.7 Å². The second-order valence-corrected chi connectivity index (χ2v) is 10.4. The fraction of sp³-hybridized carbons (Fsp3) is 0.212. The van der Waals surface area contributed by atoms with Gasteiger partial charge in [0.25, 0.3) is 11.6 Å². The maximum atomic E-state index is 12.8. The van der Waals surface area contributed by atoms with Crippen LogP contribution in [0, 0.1) is 10.1 Å². The van der Waals surface area contributed by atoms with Crippen LogP contribution in [0.15, 0.2) is 95.8 Å². The molecule has 46 heavy (non-hydrogen) atoms. The Balaban J connectivity index is 1.37. The Hall–Kier alpha value is -5.56. The molecule has 1 aliphatic rings. The van der Waals surface area contributed by atoms with Crippen LogP contribution in [0.25, 0.3) is 0 Å². The first-order valence-electron chi connectivity index (χ1n) is 14.3. The van der Waals surface area contributed by atoms with Gasteiger partial charge in [0, 0.05) is 23.4 Å². The summed E-state index contributed by atoms with van der Waals surface area (Å²) in [5, 5.41) is 21.3. The van der Waals surface area contributed by atoms with Crippen LogP contribution in [0.2, 0.25) is 0 Å². The zero-order valence-corrected chi connectivity index (χ0v) is 26.1. The summed E-state index contributed by atoms with van der Waals surface area (Å²) in [5.74, 6) is 0.0322. The number of para-hydroxylation sites is 1. The van der Waals surface area contributed by atoms with Gasteiger partial charge in [-0.25, -0.2) is 10.2 Å². The summed E-state index contributed by atoms with van der Waals surface area (Å²) in [6.45, 7) is 7.38. The smallest absolute Gasteiger partial charge is 0.338 e. The van der Waals surface area contributed by atoms with Crippen LogP contribution in [0.1, 0.15) is 42.1 Å². The summed E-state index contributed by atoms with van der Waals surface area (Å²) in [7, 11) is 0. The largest absolute Gasteiger partial charge is 0.489 e. The molecule has 0 aromatic heterocycles. The van der Waals surface area contributed by atoms with Gasteiger partial charge in [-0.2, -0.15) is 5.10 Å². The molecule has 0 unspecified atom stereocenters. The van der Waals surface area contributed by atoms with Crippen molar-refractivity contribution in [1.82, 2.24) is 16.1 Å². The van der Waals surface area contributed by atoms with Crippen LogP contribution >= 0.6 is 12.2 Å². The lowest BCUT2D eigenvalue weighted by atomic mass is 9.95. The number of carbonyl (C=O) groups is 2. The molecule has 0 bridgehead atoms. The number of hydrogen-bond acceptors (Lipinski definition) is 9. The van der Waals surface area contributed by atoms with Crippen LogP contribution < -0.4 is 25.5 Å². The van der Waals surface area contributed by atoms with E-state index in [-0.39, 0.29) is 25.5 Å². The maximum Gasteiger partial charge on any atom is 0.338 e. The molecule has 4 rings (SSSR count). The quantitative estimate of drug-likeness (QED) is 0.0558. The van der Waals surface area contributed by atoms with Crippen molar-refractivity contribution in [2.24, 2.45) is 5.10 Å². The highest BCUT2D eigenvalue weighted by atomic mass is 32.1. The first-order valence-corrected chi connectivity index (χ1v) is 14.7. The van der Waals surface area contributed by atoms with Crippen molar-refractivity contribution < 1.29 is 28.7 Å². The van der Waals surface area contributed by atoms with Crippen molar-refractivity contribution in [2.75, 3.05) is 13.2 Å². The fourth-order valence-corrected chi connectivity index (χ4v) is 4.89. The van der Waals surface area contributed by atoms with Gasteiger partial charge in [-0.05, 0) is 85.6 Å². The van der Waals surface area contributed by atoms with Crippen molar-refractivity contribution >= 4 is 41.1 Å². The summed E-state index contributed by atoms with van der Waals surface area (Å²) in [5.41, 5.74) is 6.36. The van der Waals surface area contributed by atoms with Gasteiger partial charge < -0.3 is 24.8 Å². The summed E-state index contributed by atoms with van der Waals surface area (Å²) in [6, 6.07) is 18.0. The number of rotatable bonds is 14. The molecule has 13 heteroatoms. The molecule has 1 heterocycles. The van der Waals surface area contributed by atoms with Gasteiger partial charge in [0.1, 0.15) is 18.1 Å². The van der Waals surface area contributed by atoms with Crippen molar-refractivity contribution in [3.05, 3.63) is 123 Å². The first-order chi connectivity index (χ1) is 22.2. The molecule has 238 valence electrons. The third-order valence-electron chi connectivity index (χ3n) is 6.75. The molecule has 0 aliphatic carbocycles. The van der Waals surface area contributed by atoms with Crippen LogP contribution in [0.5, 0.6) is 11.5 Å². The molecule has 1 aliphatic heterocycles. The predicted molar refractivity (Wildman–Crippen MR) is 176 cm³/mol. The Morgan fingerprint density at radius 3 is 2.59 bits per heavy atom. The van der Waals surface area contributed by atoms with E-state index in [1.165, 1.54) is 18.3 Å². The van der Waals surface area contributed by atoms with E-state index in [4.69, 9.17) is 26.4 Å². The van der Waals surface area contributed by atoms with E-state index < -0.39 is 22.8 Å². The molecular weight excluding hydrogens is 610 g/mol. The Morgan fingerprint density at radius 1 is 1.11 bits per heavy atom. The lowest BCUT2D eigenvalue weighted by Gasteiger charge is -2.30. The van der Waals surface area contributed by atoms with E-state index in [0.717, 1.165) is 11.1 Å². The number of allylic oxidation sites excluding steroid dienone is 2. The number of hydrogen-bond donors (Lipinski definition) is 3. The highest BCUT2D eigenvalue weighted by Crippen LogP contribution is 2.33. The lowest BCUT2D eigenvalue weighted by molar-refractivity contribution is -0.384. The number of nitro benzene ring substituents is 1. The minimum atomic E-state index is -0.643. The number of esters is 1. The number of amides is 1. The van der Waals surface area contributed by atoms with E-state index >= 15 is 0 Å². The standard InChI is InChI=1S/C33H33N5O7S/c1-4-8-24-17-23(13-16-27(24)44-19-22-11-14-25(15-12-22)38(41)42)18-34-37-29(39)20-45-28-10-7-6-9-26(28)31-30(32(40)43-5-2)21(3)35-33(46)36-31/h4,6-7,9-18,31H,1,5,8,19-20H2,2-3H3,(H,37,39)(H2,35,36,46)/t31-/m1/s1. The number of non-ortho nitro benzene ring substituents is 1. The monoisotopic (exact) mass is 643 g/mol. The molecule has 0 saturated carbocycles. The second kappa shape index (κ2) is 16.0. The van der Waals surface area contributed by atoms with Crippen molar-refractivity contribution in [3.63, 3.8) is 0 Å². The lowest BCUT2D eigenvalue weighted by Crippen LogP contribution is -2.45. The van der Waals surface area contributed by atoms with E-state index in [2.05, 4.69) is 27.7 Å². The summed E-state index contributed by atoms with van der Waals surface area (Å²) < 4.78 is 17.0. The summed E-state index contributed by atoms with van der Waals surface area (Å²) >= 11 is 5.32. The zero-order chi connectivity index (χ0) is 33.1. The molecule has 3 aromatic carbocycles. The molecule has 12 nitrogen and oxygen atoms in total. The maximum absolute atomic E-state index is 12.8. The molecule has 0 radical (unpaired) electrons. The average molecular weight is 644 g/mol. The summed E-state index contributed by atoms with van der Waals surface area (Å²) in [4.78, 5) is 35.8. The molecule has 3 N–H and O–H groups in total. The van der Waals surface area contributed by atoms with E-state index in [0.29, 0.717) is 45.4 Å². The van der Waals surface area contributed by atoms with Crippen LogP contribution in [-0.4, -0.2) is 41.3 Å². The van der Waals surface area contributed by atoms with Gasteiger partial charge in [-0.1, -0.05) is 24.3 Å². The van der Waals surface area contributed by atoms with Crippen molar-refractivity contribution in [3.8, 4) is 11.5 Å².